The monoisotopic (exact) mass is 147 g/mol. The molecule has 0 atom stereocenters. The van der Waals surface area contributed by atoms with E-state index in [2.05, 4.69) is 42.3 Å². The highest BCUT2D eigenvalue weighted by molar-refractivity contribution is 4.07. The second-order valence-corrected chi connectivity index (χ2v) is 4.72. The summed E-state index contributed by atoms with van der Waals surface area (Å²) in [6.07, 6.45) is 0. The van der Waals surface area contributed by atoms with E-state index < -0.39 is 0 Å². The predicted molar refractivity (Wildman–Crippen MR) is 47.3 cm³/mol. The maximum Gasteiger partial charge on any atom is 0.206 e. The number of quaternary nitrogens is 2. The minimum atomic E-state index is 0. The van der Waals surface area contributed by atoms with Crippen LogP contribution in [0.2, 0.25) is 0 Å². The molecule has 0 saturated carbocycles. The molecular weight excluding hydrogens is 124 g/mol. The van der Waals surface area contributed by atoms with Crippen LogP contribution < -0.4 is 0 Å². The first kappa shape index (κ1) is 12.6. The molecule has 0 unspecified atom stereocenters. The summed E-state index contributed by atoms with van der Waals surface area (Å²) in [5, 5.41) is 0. The maximum atomic E-state index is 2.21. The van der Waals surface area contributed by atoms with Gasteiger partial charge in [0.15, 0.2) is 0 Å². The van der Waals surface area contributed by atoms with Gasteiger partial charge in [-0.1, -0.05) is 0 Å². The zero-order chi connectivity index (χ0) is 7.71. The summed E-state index contributed by atoms with van der Waals surface area (Å²) in [4.78, 5) is 0. The van der Waals surface area contributed by atoms with Crippen LogP contribution >= 0.6 is 0 Å². The maximum absolute atomic E-state index is 2.21. The second kappa shape index (κ2) is 3.35. The standard InChI is InChI=1S/C7H20N2.CH3/c1-8(2,3)7-9(4,5)6;/h7H2,1-6H3;1H3/q+2;-1. The normalized spacial score (nSPS) is 12.6. The Labute approximate surface area is 66.2 Å². The Bertz CT molecular complexity index is 72.4. The molecule has 10 heavy (non-hydrogen) atoms. The molecule has 2 nitrogen and oxygen atoms in total. The average Bonchev–Trinajstić information content (AvgIpc) is 1.14. The van der Waals surface area contributed by atoms with E-state index in [4.69, 9.17) is 0 Å². The molecule has 0 amide bonds. The van der Waals surface area contributed by atoms with Gasteiger partial charge in [-0.15, -0.1) is 0 Å². The van der Waals surface area contributed by atoms with Crippen molar-refractivity contribution in [2.24, 2.45) is 0 Å². The molecule has 0 aromatic carbocycles. The Morgan fingerprint density at radius 2 is 0.900 bits per heavy atom. The molecule has 0 rings (SSSR count). The van der Waals surface area contributed by atoms with Crippen LogP contribution in [0.3, 0.4) is 0 Å². The van der Waals surface area contributed by atoms with Gasteiger partial charge in [0.2, 0.25) is 6.67 Å². The fourth-order valence-electron chi connectivity index (χ4n) is 1.27. The average molecular weight is 147 g/mol. The van der Waals surface area contributed by atoms with Gasteiger partial charge in [0, 0.05) is 0 Å². The van der Waals surface area contributed by atoms with Gasteiger partial charge in [-0.3, -0.25) is 8.97 Å². The molecule has 0 bridgehead atoms. The lowest BCUT2D eigenvalue weighted by Crippen LogP contribution is -2.51. The van der Waals surface area contributed by atoms with Gasteiger partial charge in [-0.2, -0.15) is 0 Å². The topological polar surface area (TPSA) is 0 Å². The van der Waals surface area contributed by atoms with Crippen LogP contribution in [0.5, 0.6) is 0 Å². The second-order valence-electron chi connectivity index (χ2n) is 4.72. The van der Waals surface area contributed by atoms with Crippen molar-refractivity contribution in [3.63, 3.8) is 0 Å². The molecule has 0 fully saturated rings. The Balaban J connectivity index is 0. The van der Waals surface area contributed by atoms with E-state index in [1.54, 1.807) is 0 Å². The van der Waals surface area contributed by atoms with E-state index in [1.165, 1.54) is 6.67 Å². The van der Waals surface area contributed by atoms with Crippen LogP contribution in [0.25, 0.3) is 0 Å². The number of hydrogen-bond acceptors (Lipinski definition) is 0. The number of hydrogen-bond donors (Lipinski definition) is 0. The SMILES string of the molecule is C[N+](C)(C)C[N+](C)(C)C.[CH3-]. The van der Waals surface area contributed by atoms with Crippen LogP contribution in [0, 0.1) is 7.43 Å². The van der Waals surface area contributed by atoms with E-state index in [1.807, 2.05) is 0 Å². The van der Waals surface area contributed by atoms with Gasteiger partial charge >= 0.3 is 0 Å². The van der Waals surface area contributed by atoms with E-state index in [0.29, 0.717) is 0 Å². The summed E-state index contributed by atoms with van der Waals surface area (Å²) in [5.74, 6) is 0. The molecule has 2 heteroatoms. The molecule has 0 aliphatic rings. The first-order valence-corrected chi connectivity index (χ1v) is 3.32. The lowest BCUT2D eigenvalue weighted by Gasteiger charge is -2.32. The quantitative estimate of drug-likeness (QED) is 0.308. The number of nitrogens with zero attached hydrogens (tertiary/aromatic N) is 2. The lowest BCUT2D eigenvalue weighted by molar-refractivity contribution is -1.05. The van der Waals surface area contributed by atoms with Crippen LogP contribution in [-0.4, -0.2) is 57.9 Å². The van der Waals surface area contributed by atoms with Gasteiger partial charge in [0.1, 0.15) is 0 Å². The summed E-state index contributed by atoms with van der Waals surface area (Å²) in [7, 11) is 13.3. The van der Waals surface area contributed by atoms with E-state index in [9.17, 15) is 0 Å². The van der Waals surface area contributed by atoms with Gasteiger partial charge in [-0.05, 0) is 0 Å². The molecule has 0 saturated heterocycles. The zero-order valence-corrected chi connectivity index (χ0v) is 8.60. The Hall–Kier alpha value is -0.0800. The summed E-state index contributed by atoms with van der Waals surface area (Å²) < 4.78 is 2.06. The summed E-state index contributed by atoms with van der Waals surface area (Å²) in [6.45, 7) is 1.17. The highest BCUT2D eigenvalue weighted by Crippen LogP contribution is 1.97. The fourth-order valence-corrected chi connectivity index (χ4v) is 1.27. The third-order valence-corrected chi connectivity index (χ3v) is 0.849. The van der Waals surface area contributed by atoms with Gasteiger partial charge in [0.25, 0.3) is 0 Å². The lowest BCUT2D eigenvalue weighted by atomic mass is 10.6. The molecule has 0 radical (unpaired) electrons. The molecule has 0 heterocycles. The van der Waals surface area contributed by atoms with Crippen molar-refractivity contribution in [3.8, 4) is 0 Å². The highest BCUT2D eigenvalue weighted by Gasteiger charge is 2.17. The third-order valence-electron chi connectivity index (χ3n) is 0.849. The van der Waals surface area contributed by atoms with Crippen LogP contribution in [0.15, 0.2) is 0 Å². The van der Waals surface area contributed by atoms with Crippen molar-refractivity contribution >= 4 is 0 Å². The predicted octanol–water partition coefficient (Wildman–Crippen LogP) is 0.807. The summed E-state index contributed by atoms with van der Waals surface area (Å²) >= 11 is 0. The molecule has 0 N–H and O–H groups in total. The molecular formula is C8H23N2+. The first-order valence-electron chi connectivity index (χ1n) is 3.32. The summed E-state index contributed by atoms with van der Waals surface area (Å²) in [6, 6.07) is 0. The van der Waals surface area contributed by atoms with E-state index >= 15 is 0 Å². The first-order chi connectivity index (χ1) is 3.71. The van der Waals surface area contributed by atoms with Crippen LogP contribution in [-0.2, 0) is 0 Å². The minimum Gasteiger partial charge on any atom is -0.358 e. The van der Waals surface area contributed by atoms with Crippen molar-refractivity contribution in [2.45, 2.75) is 0 Å². The summed E-state index contributed by atoms with van der Waals surface area (Å²) in [5.41, 5.74) is 0. The molecule has 0 aliphatic heterocycles. The molecule has 0 aliphatic carbocycles. The van der Waals surface area contributed by atoms with Crippen molar-refractivity contribution in [3.05, 3.63) is 7.43 Å². The van der Waals surface area contributed by atoms with Gasteiger partial charge in [0.05, 0.1) is 42.3 Å². The van der Waals surface area contributed by atoms with Crippen LogP contribution in [0.4, 0.5) is 0 Å². The molecule has 0 aromatic heterocycles. The van der Waals surface area contributed by atoms with Crippen LogP contribution in [0.1, 0.15) is 0 Å². The third kappa shape index (κ3) is 10.8. The molecule has 0 spiro atoms. The van der Waals surface area contributed by atoms with E-state index in [-0.39, 0.29) is 7.43 Å². The Kier molecular flexibility index (Phi) is 4.22. The zero-order valence-electron chi connectivity index (χ0n) is 8.60. The molecule has 0 aromatic rings. The van der Waals surface area contributed by atoms with Crippen molar-refractivity contribution in [2.75, 3.05) is 49.0 Å². The van der Waals surface area contributed by atoms with Crippen molar-refractivity contribution in [1.82, 2.24) is 0 Å². The number of rotatable bonds is 2. The van der Waals surface area contributed by atoms with Gasteiger partial charge < -0.3 is 7.43 Å². The Morgan fingerprint density at radius 1 is 0.700 bits per heavy atom. The van der Waals surface area contributed by atoms with Crippen molar-refractivity contribution < 1.29 is 8.97 Å². The van der Waals surface area contributed by atoms with Gasteiger partial charge in [-0.25, -0.2) is 0 Å². The Morgan fingerprint density at radius 3 is 0.900 bits per heavy atom. The molecule has 64 valence electrons. The fraction of sp³-hybridized carbons (Fsp3) is 0.875. The largest absolute Gasteiger partial charge is 0.358 e. The van der Waals surface area contributed by atoms with Crippen molar-refractivity contribution in [1.29, 1.82) is 0 Å². The minimum absolute atomic E-state index is 0. The van der Waals surface area contributed by atoms with E-state index in [0.717, 1.165) is 8.97 Å². The highest BCUT2D eigenvalue weighted by atomic mass is 15.5. The smallest absolute Gasteiger partial charge is 0.206 e.